The summed E-state index contributed by atoms with van der Waals surface area (Å²) in [6.07, 6.45) is 4.96. The Labute approximate surface area is 153 Å². The lowest BCUT2D eigenvalue weighted by Crippen LogP contribution is -2.44. The first-order chi connectivity index (χ1) is 12.1. The fourth-order valence-corrected chi connectivity index (χ4v) is 4.17. The van der Waals surface area contributed by atoms with E-state index in [0.29, 0.717) is 10.7 Å². The molecule has 1 amide bonds. The molecule has 1 atom stereocenters. The molecule has 132 valence electrons. The van der Waals surface area contributed by atoms with E-state index in [2.05, 4.69) is 39.4 Å². The normalized spacial score (nSPS) is 22.0. The van der Waals surface area contributed by atoms with Crippen molar-refractivity contribution in [3.8, 4) is 0 Å². The van der Waals surface area contributed by atoms with E-state index < -0.39 is 0 Å². The smallest absolute Gasteiger partial charge is 0.229 e. The van der Waals surface area contributed by atoms with Crippen LogP contribution >= 0.6 is 12.2 Å². The van der Waals surface area contributed by atoms with Crippen LogP contribution in [-0.4, -0.2) is 38.7 Å². The minimum Gasteiger partial charge on any atom is -0.341 e. The van der Waals surface area contributed by atoms with Crippen LogP contribution in [0.4, 0.5) is 0 Å². The minimum atomic E-state index is -0.166. The van der Waals surface area contributed by atoms with Crippen molar-refractivity contribution in [2.75, 3.05) is 13.1 Å². The van der Waals surface area contributed by atoms with E-state index in [1.54, 1.807) is 0 Å². The third kappa shape index (κ3) is 3.15. The highest BCUT2D eigenvalue weighted by molar-refractivity contribution is 7.71. The molecule has 1 aliphatic heterocycles. The zero-order valence-corrected chi connectivity index (χ0v) is 15.4. The average Bonchev–Trinajstić information content (AvgIpc) is 3.35. The van der Waals surface area contributed by atoms with E-state index in [0.717, 1.165) is 51.0 Å². The number of rotatable bonds is 4. The molecule has 0 spiro atoms. The fourth-order valence-electron chi connectivity index (χ4n) is 4.04. The Balaban J connectivity index is 1.48. The van der Waals surface area contributed by atoms with Crippen LogP contribution in [0.3, 0.4) is 0 Å². The van der Waals surface area contributed by atoms with Crippen molar-refractivity contribution < 1.29 is 4.79 Å². The van der Waals surface area contributed by atoms with Gasteiger partial charge in [-0.05, 0) is 49.9 Å². The van der Waals surface area contributed by atoms with Crippen molar-refractivity contribution in [1.82, 2.24) is 19.7 Å². The second kappa shape index (κ2) is 6.41. The summed E-state index contributed by atoms with van der Waals surface area (Å²) < 4.78 is 2.58. The number of amides is 1. The van der Waals surface area contributed by atoms with Crippen LogP contribution in [0.2, 0.25) is 0 Å². The predicted octanol–water partition coefficient (Wildman–Crippen LogP) is 3.21. The maximum atomic E-state index is 13.2. The fraction of sp³-hybridized carbons (Fsp3) is 0.526. The van der Waals surface area contributed by atoms with E-state index in [4.69, 9.17) is 12.2 Å². The summed E-state index contributed by atoms with van der Waals surface area (Å²) in [7, 11) is 1.94. The lowest BCUT2D eigenvalue weighted by molar-refractivity contribution is -0.138. The van der Waals surface area contributed by atoms with Gasteiger partial charge in [0.25, 0.3) is 0 Å². The van der Waals surface area contributed by atoms with Crippen LogP contribution < -0.4 is 0 Å². The summed E-state index contributed by atoms with van der Waals surface area (Å²) in [5.41, 5.74) is 1.09. The van der Waals surface area contributed by atoms with Crippen molar-refractivity contribution in [3.05, 3.63) is 46.5 Å². The highest BCUT2D eigenvalue weighted by Crippen LogP contribution is 2.50. The number of aromatic nitrogens is 3. The zero-order chi connectivity index (χ0) is 17.4. The van der Waals surface area contributed by atoms with Crippen molar-refractivity contribution >= 4 is 18.1 Å². The van der Waals surface area contributed by atoms with Gasteiger partial charge in [-0.15, -0.1) is 0 Å². The second-order valence-electron chi connectivity index (χ2n) is 7.48. The number of nitrogens with one attached hydrogen (secondary N) is 1. The molecule has 1 aromatic heterocycles. The number of piperidine rings is 1. The van der Waals surface area contributed by atoms with Crippen LogP contribution in [0.5, 0.6) is 0 Å². The summed E-state index contributed by atoms with van der Waals surface area (Å²) in [5.74, 6) is 1.57. The van der Waals surface area contributed by atoms with Gasteiger partial charge >= 0.3 is 0 Å². The van der Waals surface area contributed by atoms with Gasteiger partial charge in [0.1, 0.15) is 5.82 Å². The van der Waals surface area contributed by atoms with Crippen molar-refractivity contribution in [3.63, 3.8) is 0 Å². The number of carbonyl (C=O) groups excluding carboxylic acids is 1. The predicted molar refractivity (Wildman–Crippen MR) is 98.8 cm³/mol. The molecule has 4 rings (SSSR count). The van der Waals surface area contributed by atoms with Crippen LogP contribution in [-0.2, 0) is 18.3 Å². The molecule has 1 aliphatic carbocycles. The average molecular weight is 356 g/mol. The molecular formula is C19H24N4OS. The SMILES string of the molecule is Cn1c([C@H]2CCCN(C(=O)C3(Cc4ccccc4)CC3)C2)n[nH]c1=S. The van der Waals surface area contributed by atoms with Crippen molar-refractivity contribution in [2.45, 2.75) is 38.0 Å². The Morgan fingerprint density at radius 1 is 1.36 bits per heavy atom. The quantitative estimate of drug-likeness (QED) is 0.856. The Morgan fingerprint density at radius 2 is 2.12 bits per heavy atom. The minimum absolute atomic E-state index is 0.166. The molecule has 1 N–H and O–H groups in total. The first-order valence-electron chi connectivity index (χ1n) is 9.04. The largest absolute Gasteiger partial charge is 0.341 e. The monoisotopic (exact) mass is 356 g/mol. The molecule has 2 aliphatic rings. The first kappa shape index (κ1) is 16.5. The van der Waals surface area contributed by atoms with E-state index in [1.807, 2.05) is 17.7 Å². The van der Waals surface area contributed by atoms with Gasteiger partial charge in [-0.1, -0.05) is 30.3 Å². The number of benzene rings is 1. The van der Waals surface area contributed by atoms with Gasteiger partial charge < -0.3 is 9.47 Å². The Bertz CT molecular complexity index is 821. The highest BCUT2D eigenvalue weighted by Gasteiger charge is 2.51. The van der Waals surface area contributed by atoms with Crippen LogP contribution in [0.1, 0.15) is 43.0 Å². The second-order valence-corrected chi connectivity index (χ2v) is 7.87. The molecule has 0 radical (unpaired) electrons. The molecular weight excluding hydrogens is 332 g/mol. The van der Waals surface area contributed by atoms with Crippen LogP contribution in [0, 0.1) is 10.2 Å². The highest BCUT2D eigenvalue weighted by atomic mass is 32.1. The summed E-state index contributed by atoms with van der Waals surface area (Å²) in [5, 5.41) is 7.25. The van der Waals surface area contributed by atoms with Gasteiger partial charge in [0.05, 0.1) is 5.41 Å². The number of carbonyl (C=O) groups is 1. The molecule has 0 unspecified atom stereocenters. The zero-order valence-electron chi connectivity index (χ0n) is 14.6. The van der Waals surface area contributed by atoms with Gasteiger partial charge in [-0.2, -0.15) is 5.10 Å². The molecule has 1 saturated carbocycles. The van der Waals surface area contributed by atoms with E-state index >= 15 is 0 Å². The molecule has 2 aromatic rings. The number of hydrogen-bond donors (Lipinski definition) is 1. The Morgan fingerprint density at radius 3 is 2.76 bits per heavy atom. The van der Waals surface area contributed by atoms with Crippen molar-refractivity contribution in [1.29, 1.82) is 0 Å². The van der Waals surface area contributed by atoms with E-state index in [1.165, 1.54) is 5.56 Å². The number of aromatic amines is 1. The maximum Gasteiger partial charge on any atom is 0.229 e. The third-order valence-electron chi connectivity index (χ3n) is 5.68. The first-order valence-corrected chi connectivity index (χ1v) is 9.44. The molecule has 2 fully saturated rings. The topological polar surface area (TPSA) is 53.9 Å². The standard InChI is InChI=1S/C19H24N4OS/c1-22-16(20-21-18(22)25)15-8-5-11-23(13-15)17(24)19(9-10-19)12-14-6-3-2-4-7-14/h2-4,6-7,15H,5,8-13H2,1H3,(H,21,25)/t15-/m0/s1. The van der Waals surface area contributed by atoms with E-state index in [-0.39, 0.29) is 11.3 Å². The van der Waals surface area contributed by atoms with Crippen molar-refractivity contribution in [2.24, 2.45) is 12.5 Å². The number of H-pyrrole nitrogens is 1. The molecule has 6 heteroatoms. The lowest BCUT2D eigenvalue weighted by atomic mass is 9.91. The summed E-state index contributed by atoms with van der Waals surface area (Å²) in [6, 6.07) is 10.4. The van der Waals surface area contributed by atoms with E-state index in [9.17, 15) is 4.79 Å². The Hall–Kier alpha value is -1.95. The van der Waals surface area contributed by atoms with Gasteiger partial charge in [0.15, 0.2) is 4.77 Å². The molecule has 2 heterocycles. The van der Waals surface area contributed by atoms with Crippen LogP contribution in [0.25, 0.3) is 0 Å². The number of likely N-dealkylation sites (tertiary alicyclic amines) is 1. The molecule has 0 bridgehead atoms. The van der Waals surface area contributed by atoms with Gasteiger partial charge in [-0.25, -0.2) is 0 Å². The van der Waals surface area contributed by atoms with Gasteiger partial charge in [0, 0.05) is 26.1 Å². The van der Waals surface area contributed by atoms with Crippen LogP contribution in [0.15, 0.2) is 30.3 Å². The molecule has 25 heavy (non-hydrogen) atoms. The van der Waals surface area contributed by atoms with Gasteiger partial charge in [0.2, 0.25) is 5.91 Å². The lowest BCUT2D eigenvalue weighted by Gasteiger charge is -2.34. The molecule has 1 aromatic carbocycles. The summed E-state index contributed by atoms with van der Waals surface area (Å²) in [4.78, 5) is 15.3. The number of hydrogen-bond acceptors (Lipinski definition) is 3. The molecule has 5 nitrogen and oxygen atoms in total. The number of nitrogens with zero attached hydrogens (tertiary/aromatic N) is 3. The maximum absolute atomic E-state index is 13.2. The Kier molecular flexibility index (Phi) is 4.23. The third-order valence-corrected chi connectivity index (χ3v) is 6.05. The summed E-state index contributed by atoms with van der Waals surface area (Å²) in [6.45, 7) is 1.61. The summed E-state index contributed by atoms with van der Waals surface area (Å²) >= 11 is 5.23. The van der Waals surface area contributed by atoms with Gasteiger partial charge in [-0.3, -0.25) is 9.89 Å². The molecule has 1 saturated heterocycles.